The lowest BCUT2D eigenvalue weighted by molar-refractivity contribution is -0.383. The van der Waals surface area contributed by atoms with Crippen molar-refractivity contribution in [1.29, 1.82) is 0 Å². The van der Waals surface area contributed by atoms with Gasteiger partial charge in [0, 0.05) is 6.07 Å². The monoisotopic (exact) mass is 262 g/mol. The number of carbonyl (C=O) groups is 1. The van der Waals surface area contributed by atoms with E-state index in [9.17, 15) is 14.9 Å². The van der Waals surface area contributed by atoms with Crippen LogP contribution < -0.4 is 5.32 Å². The Morgan fingerprint density at radius 1 is 1.37 bits per heavy atom. The maximum atomic E-state index is 12.3. The van der Waals surface area contributed by atoms with Crippen LogP contribution in [0.1, 0.15) is 45.1 Å². The first kappa shape index (κ1) is 13.5. The molecule has 1 amide bonds. The lowest BCUT2D eigenvalue weighted by Gasteiger charge is -2.25. The molecule has 19 heavy (non-hydrogen) atoms. The molecule has 1 aliphatic rings. The number of nitro groups is 1. The fourth-order valence-corrected chi connectivity index (χ4v) is 2.83. The summed E-state index contributed by atoms with van der Waals surface area (Å²) in [5, 5.41) is 13.8. The molecule has 102 valence electrons. The summed E-state index contributed by atoms with van der Waals surface area (Å²) >= 11 is 0. The first-order chi connectivity index (χ1) is 9.06. The molecule has 0 aliphatic carbocycles. The van der Waals surface area contributed by atoms with E-state index in [1.165, 1.54) is 6.07 Å². The van der Waals surface area contributed by atoms with Crippen molar-refractivity contribution in [3.63, 3.8) is 0 Å². The van der Waals surface area contributed by atoms with Crippen LogP contribution in [0.15, 0.2) is 18.2 Å². The number of nitro benzene ring substituents is 1. The number of carbonyl (C=O) groups excluding carboxylic acids is 1. The van der Waals surface area contributed by atoms with Gasteiger partial charge in [-0.2, -0.15) is 0 Å². The Kier molecular flexibility index (Phi) is 3.55. The summed E-state index contributed by atoms with van der Waals surface area (Å²) < 4.78 is 0. The van der Waals surface area contributed by atoms with Crippen LogP contribution in [0.3, 0.4) is 0 Å². The standard InChI is InChI=1S/C14H18N2O3/c1-3-5-9-14(4-2)10-7-6-8-11(16(18)19)12(10)15-13(14)17/h6-8H,3-5,9H2,1-2H3,(H,15,17). The molecule has 0 fully saturated rings. The number of amides is 1. The lowest BCUT2D eigenvalue weighted by Crippen LogP contribution is -2.33. The molecule has 1 aromatic rings. The lowest BCUT2D eigenvalue weighted by atomic mass is 9.75. The Bertz CT molecular complexity index is 527. The second-order valence-corrected chi connectivity index (χ2v) is 4.95. The summed E-state index contributed by atoms with van der Waals surface area (Å²) in [6.45, 7) is 4.04. The predicted octanol–water partition coefficient (Wildman–Crippen LogP) is 3.38. The quantitative estimate of drug-likeness (QED) is 0.653. The Labute approximate surface area is 112 Å². The summed E-state index contributed by atoms with van der Waals surface area (Å²) in [5.41, 5.74) is 0.549. The average Bonchev–Trinajstić information content (AvgIpc) is 2.68. The highest BCUT2D eigenvalue weighted by Crippen LogP contribution is 2.47. The van der Waals surface area contributed by atoms with Gasteiger partial charge in [0.15, 0.2) is 0 Å². The second-order valence-electron chi connectivity index (χ2n) is 4.95. The number of benzene rings is 1. The Balaban J connectivity index is 2.54. The molecule has 0 spiro atoms. The van der Waals surface area contributed by atoms with Crippen molar-refractivity contribution in [2.75, 3.05) is 5.32 Å². The summed E-state index contributed by atoms with van der Waals surface area (Å²) in [5.74, 6) is -0.104. The minimum absolute atomic E-state index is 0.0160. The zero-order valence-electron chi connectivity index (χ0n) is 11.2. The molecular formula is C14H18N2O3. The predicted molar refractivity (Wildman–Crippen MR) is 73.2 cm³/mol. The van der Waals surface area contributed by atoms with Gasteiger partial charge >= 0.3 is 0 Å². The molecule has 5 nitrogen and oxygen atoms in total. The van der Waals surface area contributed by atoms with Crippen molar-refractivity contribution in [3.05, 3.63) is 33.9 Å². The van der Waals surface area contributed by atoms with E-state index in [2.05, 4.69) is 12.2 Å². The van der Waals surface area contributed by atoms with Gasteiger partial charge < -0.3 is 5.32 Å². The summed E-state index contributed by atoms with van der Waals surface area (Å²) in [6.07, 6.45) is 3.33. The van der Waals surface area contributed by atoms with Crippen molar-refractivity contribution in [2.45, 2.75) is 44.9 Å². The third-order valence-corrected chi connectivity index (χ3v) is 3.99. The fraction of sp³-hybridized carbons (Fsp3) is 0.500. The number of para-hydroxylation sites is 1. The molecule has 1 N–H and O–H groups in total. The first-order valence-corrected chi connectivity index (χ1v) is 6.66. The smallest absolute Gasteiger partial charge is 0.293 e. The van der Waals surface area contributed by atoms with Crippen LogP contribution in [-0.2, 0) is 10.2 Å². The van der Waals surface area contributed by atoms with Gasteiger partial charge in [-0.15, -0.1) is 0 Å². The van der Waals surface area contributed by atoms with E-state index >= 15 is 0 Å². The first-order valence-electron chi connectivity index (χ1n) is 6.66. The van der Waals surface area contributed by atoms with Crippen LogP contribution in [0.25, 0.3) is 0 Å². The molecule has 0 bridgehead atoms. The maximum Gasteiger partial charge on any atom is 0.293 e. The number of hydrogen-bond donors (Lipinski definition) is 1. The van der Waals surface area contributed by atoms with Gasteiger partial charge in [0.2, 0.25) is 5.91 Å². The van der Waals surface area contributed by atoms with Crippen LogP contribution in [0.5, 0.6) is 0 Å². The number of nitrogens with zero attached hydrogens (tertiary/aromatic N) is 1. The zero-order chi connectivity index (χ0) is 14.0. The van der Waals surface area contributed by atoms with Crippen molar-refractivity contribution in [1.82, 2.24) is 0 Å². The minimum Gasteiger partial charge on any atom is -0.319 e. The maximum absolute atomic E-state index is 12.3. The van der Waals surface area contributed by atoms with E-state index in [1.54, 1.807) is 6.07 Å². The summed E-state index contributed by atoms with van der Waals surface area (Å²) in [4.78, 5) is 22.9. The molecule has 0 saturated carbocycles. The molecule has 0 radical (unpaired) electrons. The molecule has 2 rings (SSSR count). The molecule has 5 heteroatoms. The van der Waals surface area contributed by atoms with Crippen molar-refractivity contribution in [3.8, 4) is 0 Å². The van der Waals surface area contributed by atoms with Gasteiger partial charge in [0.05, 0.1) is 10.3 Å². The third-order valence-electron chi connectivity index (χ3n) is 3.99. The number of fused-ring (bicyclic) bond motifs is 1. The minimum atomic E-state index is -0.600. The van der Waals surface area contributed by atoms with Gasteiger partial charge in [0.25, 0.3) is 5.69 Å². The number of hydrogen-bond acceptors (Lipinski definition) is 3. The molecule has 0 saturated heterocycles. The van der Waals surface area contributed by atoms with Crippen LogP contribution >= 0.6 is 0 Å². The van der Waals surface area contributed by atoms with E-state index in [0.717, 1.165) is 24.8 Å². The second kappa shape index (κ2) is 4.99. The molecule has 1 aromatic carbocycles. The molecule has 0 aromatic heterocycles. The number of unbranched alkanes of at least 4 members (excludes halogenated alkanes) is 1. The molecule has 1 aliphatic heterocycles. The molecular weight excluding hydrogens is 244 g/mol. The van der Waals surface area contributed by atoms with E-state index in [4.69, 9.17) is 0 Å². The van der Waals surface area contributed by atoms with Crippen molar-refractivity contribution in [2.24, 2.45) is 0 Å². The number of nitrogens with one attached hydrogen (secondary N) is 1. The molecule has 1 atom stereocenters. The zero-order valence-corrected chi connectivity index (χ0v) is 11.2. The SMILES string of the molecule is CCCCC1(CC)C(=O)Nc2c([N+](=O)[O-])cccc21. The molecule has 1 unspecified atom stereocenters. The highest BCUT2D eigenvalue weighted by Gasteiger charge is 2.47. The number of rotatable bonds is 5. The highest BCUT2D eigenvalue weighted by molar-refractivity contribution is 6.08. The average molecular weight is 262 g/mol. The normalized spacial score (nSPS) is 21.1. The van der Waals surface area contributed by atoms with E-state index in [0.29, 0.717) is 12.1 Å². The van der Waals surface area contributed by atoms with Gasteiger partial charge in [-0.1, -0.05) is 38.8 Å². The number of anilines is 1. The van der Waals surface area contributed by atoms with E-state index < -0.39 is 10.3 Å². The van der Waals surface area contributed by atoms with E-state index in [1.807, 2.05) is 13.0 Å². The van der Waals surface area contributed by atoms with Crippen molar-refractivity contribution < 1.29 is 9.72 Å². The fourth-order valence-electron chi connectivity index (χ4n) is 2.83. The molecule has 1 heterocycles. The van der Waals surface area contributed by atoms with Crippen LogP contribution in [0.2, 0.25) is 0 Å². The van der Waals surface area contributed by atoms with Crippen LogP contribution in [0, 0.1) is 10.1 Å². The Morgan fingerprint density at radius 2 is 2.11 bits per heavy atom. The van der Waals surface area contributed by atoms with Crippen LogP contribution in [0.4, 0.5) is 11.4 Å². The Hall–Kier alpha value is -1.91. The third kappa shape index (κ3) is 1.99. The Morgan fingerprint density at radius 3 is 2.68 bits per heavy atom. The van der Waals surface area contributed by atoms with E-state index in [-0.39, 0.29) is 11.6 Å². The highest BCUT2D eigenvalue weighted by atomic mass is 16.6. The summed E-state index contributed by atoms with van der Waals surface area (Å²) in [6, 6.07) is 4.93. The van der Waals surface area contributed by atoms with Gasteiger partial charge in [-0.25, -0.2) is 0 Å². The van der Waals surface area contributed by atoms with Gasteiger partial charge in [-0.05, 0) is 18.4 Å². The van der Waals surface area contributed by atoms with Gasteiger partial charge in [0.1, 0.15) is 5.69 Å². The topological polar surface area (TPSA) is 72.2 Å². The van der Waals surface area contributed by atoms with Crippen LogP contribution in [-0.4, -0.2) is 10.8 Å². The van der Waals surface area contributed by atoms with Gasteiger partial charge in [-0.3, -0.25) is 14.9 Å². The van der Waals surface area contributed by atoms with Crippen molar-refractivity contribution >= 4 is 17.3 Å². The largest absolute Gasteiger partial charge is 0.319 e. The summed E-state index contributed by atoms with van der Waals surface area (Å²) in [7, 11) is 0.